The predicted octanol–water partition coefficient (Wildman–Crippen LogP) is 2.78. The highest BCUT2D eigenvalue weighted by Crippen LogP contribution is 2.35. The van der Waals surface area contributed by atoms with E-state index < -0.39 is 0 Å². The molecule has 19 heavy (non-hydrogen) atoms. The lowest BCUT2D eigenvalue weighted by atomic mass is 10.0. The van der Waals surface area contributed by atoms with E-state index in [4.69, 9.17) is 9.47 Å². The van der Waals surface area contributed by atoms with Crippen LogP contribution in [0.3, 0.4) is 0 Å². The van der Waals surface area contributed by atoms with Gasteiger partial charge in [0.25, 0.3) is 0 Å². The molecule has 4 nitrogen and oxygen atoms in total. The third kappa shape index (κ3) is 2.72. The molecule has 0 aliphatic heterocycles. The van der Waals surface area contributed by atoms with Gasteiger partial charge in [-0.2, -0.15) is 0 Å². The maximum absolute atomic E-state index is 5.47. The summed E-state index contributed by atoms with van der Waals surface area (Å²) in [5.74, 6) is 1.60. The highest BCUT2D eigenvalue weighted by Gasteiger charge is 2.20. The largest absolute Gasteiger partial charge is 0.497 e. The molecule has 2 aromatic rings. The number of aryl methyl sites for hydroxylation is 1. The normalized spacial score (nSPS) is 12.2. The molecule has 1 heterocycles. The second-order valence-corrected chi connectivity index (χ2v) is 5.02. The Morgan fingerprint density at radius 2 is 2.05 bits per heavy atom. The van der Waals surface area contributed by atoms with Crippen LogP contribution in [0.1, 0.15) is 22.2 Å². The highest BCUT2D eigenvalue weighted by molar-refractivity contribution is 7.09. The minimum absolute atomic E-state index is 0.0772. The van der Waals surface area contributed by atoms with E-state index >= 15 is 0 Å². The van der Waals surface area contributed by atoms with Gasteiger partial charge < -0.3 is 14.8 Å². The molecular formula is C14H18N2O2S. The van der Waals surface area contributed by atoms with Crippen LogP contribution in [-0.2, 0) is 0 Å². The Bertz CT molecular complexity index is 554. The number of benzene rings is 1. The summed E-state index contributed by atoms with van der Waals surface area (Å²) in [6.45, 7) is 2.02. The molecule has 5 heteroatoms. The topological polar surface area (TPSA) is 43.4 Å². The molecule has 0 saturated heterocycles. The Morgan fingerprint density at radius 1 is 1.26 bits per heavy atom. The second-order valence-electron chi connectivity index (χ2n) is 4.13. The lowest BCUT2D eigenvalue weighted by Crippen LogP contribution is -2.18. The zero-order valence-electron chi connectivity index (χ0n) is 11.6. The zero-order valence-corrected chi connectivity index (χ0v) is 12.4. The fourth-order valence-corrected chi connectivity index (χ4v) is 3.00. The van der Waals surface area contributed by atoms with Gasteiger partial charge >= 0.3 is 0 Å². The predicted molar refractivity (Wildman–Crippen MR) is 77.3 cm³/mol. The Labute approximate surface area is 117 Å². The molecule has 0 radical (unpaired) electrons. The van der Waals surface area contributed by atoms with E-state index in [1.807, 2.05) is 37.7 Å². The second kappa shape index (κ2) is 6.04. The first-order valence-electron chi connectivity index (χ1n) is 6.00. The van der Waals surface area contributed by atoms with E-state index in [0.29, 0.717) is 0 Å². The van der Waals surface area contributed by atoms with Crippen LogP contribution in [0.2, 0.25) is 0 Å². The molecular weight excluding hydrogens is 260 g/mol. The average Bonchev–Trinajstić information content (AvgIpc) is 2.86. The number of ether oxygens (including phenoxy) is 2. The van der Waals surface area contributed by atoms with Crippen molar-refractivity contribution in [3.05, 3.63) is 39.8 Å². The molecule has 1 aromatic heterocycles. The van der Waals surface area contributed by atoms with Crippen LogP contribution < -0.4 is 14.8 Å². The van der Waals surface area contributed by atoms with E-state index in [9.17, 15) is 0 Å². The summed E-state index contributed by atoms with van der Waals surface area (Å²) in [5, 5.41) is 3.32. The monoisotopic (exact) mass is 278 g/mol. The number of hydrogen-bond donors (Lipinski definition) is 1. The number of nitrogens with zero attached hydrogens (tertiary/aromatic N) is 1. The quantitative estimate of drug-likeness (QED) is 0.913. The molecule has 0 amide bonds. The number of nitrogens with one attached hydrogen (secondary N) is 1. The number of aromatic nitrogens is 1. The van der Waals surface area contributed by atoms with Crippen molar-refractivity contribution in [2.24, 2.45) is 0 Å². The maximum atomic E-state index is 5.47. The summed E-state index contributed by atoms with van der Waals surface area (Å²) in [6.07, 6.45) is 0. The van der Waals surface area contributed by atoms with Gasteiger partial charge in [0.05, 0.1) is 31.5 Å². The van der Waals surface area contributed by atoms with Crippen LogP contribution in [0.5, 0.6) is 11.5 Å². The first kappa shape index (κ1) is 13.8. The van der Waals surface area contributed by atoms with Crippen molar-refractivity contribution < 1.29 is 9.47 Å². The van der Waals surface area contributed by atoms with E-state index in [2.05, 4.69) is 10.3 Å². The van der Waals surface area contributed by atoms with Crippen LogP contribution in [0.25, 0.3) is 0 Å². The summed E-state index contributed by atoms with van der Waals surface area (Å²) < 4.78 is 10.7. The van der Waals surface area contributed by atoms with Crippen LogP contribution in [-0.4, -0.2) is 26.3 Å². The van der Waals surface area contributed by atoms with Crippen molar-refractivity contribution in [2.75, 3.05) is 21.3 Å². The van der Waals surface area contributed by atoms with E-state index in [0.717, 1.165) is 22.8 Å². The minimum Gasteiger partial charge on any atom is -0.497 e. The van der Waals surface area contributed by atoms with Gasteiger partial charge in [0.2, 0.25) is 0 Å². The number of methoxy groups -OCH3 is 2. The van der Waals surface area contributed by atoms with Crippen molar-refractivity contribution in [3.63, 3.8) is 0 Å². The van der Waals surface area contributed by atoms with Gasteiger partial charge in [-0.15, -0.1) is 11.3 Å². The Kier molecular flexibility index (Phi) is 4.39. The summed E-state index contributed by atoms with van der Waals surface area (Å²) in [4.78, 5) is 5.51. The van der Waals surface area contributed by atoms with Gasteiger partial charge in [-0.25, -0.2) is 4.98 Å². The van der Waals surface area contributed by atoms with Crippen LogP contribution in [0.15, 0.2) is 23.7 Å². The fraction of sp³-hybridized carbons (Fsp3) is 0.357. The summed E-state index contributed by atoms with van der Waals surface area (Å²) in [6, 6.07) is 5.94. The number of rotatable bonds is 5. The summed E-state index contributed by atoms with van der Waals surface area (Å²) in [5.41, 5.74) is 3.99. The molecule has 0 bridgehead atoms. The zero-order chi connectivity index (χ0) is 13.8. The van der Waals surface area contributed by atoms with Gasteiger partial charge in [-0.05, 0) is 26.1 Å². The molecule has 0 fully saturated rings. The van der Waals surface area contributed by atoms with Crippen molar-refractivity contribution in [3.8, 4) is 11.5 Å². The van der Waals surface area contributed by atoms with Gasteiger partial charge in [0.1, 0.15) is 11.5 Å². The van der Waals surface area contributed by atoms with Crippen LogP contribution >= 0.6 is 11.3 Å². The molecule has 1 atom stereocenters. The Hall–Kier alpha value is -1.59. The molecule has 2 rings (SSSR count). The number of hydrogen-bond acceptors (Lipinski definition) is 5. The third-order valence-electron chi connectivity index (χ3n) is 3.09. The lowest BCUT2D eigenvalue weighted by Gasteiger charge is -2.19. The molecule has 0 spiro atoms. The summed E-state index contributed by atoms with van der Waals surface area (Å²) in [7, 11) is 5.26. The Morgan fingerprint density at radius 3 is 2.58 bits per heavy atom. The molecule has 102 valence electrons. The highest BCUT2D eigenvalue weighted by atomic mass is 32.1. The van der Waals surface area contributed by atoms with Gasteiger partial charge in [0.15, 0.2) is 0 Å². The van der Waals surface area contributed by atoms with E-state index in [1.165, 1.54) is 4.88 Å². The third-order valence-corrected chi connectivity index (χ3v) is 4.08. The van der Waals surface area contributed by atoms with Crippen molar-refractivity contribution in [2.45, 2.75) is 13.0 Å². The summed E-state index contributed by atoms with van der Waals surface area (Å²) >= 11 is 1.65. The molecule has 0 aliphatic rings. The van der Waals surface area contributed by atoms with E-state index in [-0.39, 0.29) is 6.04 Å². The molecule has 0 aliphatic carbocycles. The molecule has 0 saturated carbocycles. The first-order chi connectivity index (χ1) is 9.21. The SMILES string of the molecule is CNC(c1ccc(OC)cc1OC)c1scnc1C. The van der Waals surface area contributed by atoms with Gasteiger partial charge in [0, 0.05) is 16.5 Å². The molecule has 1 aromatic carbocycles. The van der Waals surface area contributed by atoms with Gasteiger partial charge in [-0.1, -0.05) is 0 Å². The standard InChI is InChI=1S/C14H18N2O2S/c1-9-14(19-8-16-9)13(15-2)11-6-5-10(17-3)7-12(11)18-4/h5-8,13,15H,1-4H3. The first-order valence-corrected chi connectivity index (χ1v) is 6.88. The Balaban J connectivity index is 2.46. The molecule has 1 unspecified atom stereocenters. The smallest absolute Gasteiger partial charge is 0.127 e. The lowest BCUT2D eigenvalue weighted by molar-refractivity contribution is 0.388. The van der Waals surface area contributed by atoms with E-state index in [1.54, 1.807) is 25.6 Å². The van der Waals surface area contributed by atoms with Crippen LogP contribution in [0, 0.1) is 6.92 Å². The van der Waals surface area contributed by atoms with Crippen molar-refractivity contribution in [1.82, 2.24) is 10.3 Å². The fourth-order valence-electron chi connectivity index (χ4n) is 2.07. The van der Waals surface area contributed by atoms with Crippen LogP contribution in [0.4, 0.5) is 0 Å². The van der Waals surface area contributed by atoms with Gasteiger partial charge in [-0.3, -0.25) is 0 Å². The van der Waals surface area contributed by atoms with Crippen molar-refractivity contribution >= 4 is 11.3 Å². The average molecular weight is 278 g/mol. The maximum Gasteiger partial charge on any atom is 0.127 e. The minimum atomic E-state index is 0.0772. The number of thiazole rings is 1. The van der Waals surface area contributed by atoms with Crippen molar-refractivity contribution in [1.29, 1.82) is 0 Å². The molecule has 1 N–H and O–H groups in total.